The van der Waals surface area contributed by atoms with Crippen LogP contribution in [0.4, 0.5) is 9.93 Å². The molecule has 0 aliphatic carbocycles. The van der Waals surface area contributed by atoms with Gasteiger partial charge in [0.05, 0.1) is 12.0 Å². The summed E-state index contributed by atoms with van der Waals surface area (Å²) in [6.45, 7) is 5.95. The Labute approximate surface area is 226 Å². The Morgan fingerprint density at radius 2 is 1.87 bits per heavy atom. The fourth-order valence-electron chi connectivity index (χ4n) is 3.77. The van der Waals surface area contributed by atoms with E-state index in [0.717, 1.165) is 5.56 Å². The Morgan fingerprint density at radius 1 is 1.13 bits per heavy atom. The van der Waals surface area contributed by atoms with Gasteiger partial charge < -0.3 is 20.7 Å². The third-order valence-corrected chi connectivity index (χ3v) is 6.56. The molecule has 11 nitrogen and oxygen atoms in total. The van der Waals surface area contributed by atoms with Crippen molar-refractivity contribution in [1.29, 1.82) is 0 Å². The lowest BCUT2D eigenvalue weighted by atomic mass is 9.89. The minimum Gasteiger partial charge on any atom is -0.445 e. The molecule has 4 amide bonds. The second-order valence-corrected chi connectivity index (χ2v) is 10.2. The van der Waals surface area contributed by atoms with Gasteiger partial charge in [-0.3, -0.25) is 19.6 Å². The van der Waals surface area contributed by atoms with E-state index in [0.29, 0.717) is 42.4 Å². The first-order valence-corrected chi connectivity index (χ1v) is 13.5. The molecule has 0 fully saturated rings. The van der Waals surface area contributed by atoms with Gasteiger partial charge in [-0.25, -0.2) is 14.8 Å². The standard InChI is InChI=1S/C26H37N5O6S/c1-18(2)15-21(19(3)31(36)17-32)23(33)29-22(24(34)30-25-27-13-14-38-25)11-7-8-12-28-26(35)37-16-20-9-5-4-6-10-20/h4-6,9-10,13-14,17-19,21-22,36H,7-8,11-12,15-16H2,1-3H3,(H,28,35)(H,29,33)(H,27,30,34)/t19-,21+,22-/m0/s1. The zero-order valence-corrected chi connectivity index (χ0v) is 22.8. The number of benzene rings is 1. The Hall–Kier alpha value is -3.51. The zero-order valence-electron chi connectivity index (χ0n) is 22.0. The number of unbranched alkanes of at least 4 members (excludes halogenated alkanes) is 1. The van der Waals surface area contributed by atoms with E-state index in [1.54, 1.807) is 18.5 Å². The predicted molar refractivity (Wildman–Crippen MR) is 143 cm³/mol. The molecule has 0 radical (unpaired) electrons. The Kier molecular flexibility index (Phi) is 13.2. The fourth-order valence-corrected chi connectivity index (χ4v) is 4.31. The average molecular weight is 548 g/mol. The molecule has 38 heavy (non-hydrogen) atoms. The number of hydrogen-bond acceptors (Lipinski definition) is 8. The van der Waals surface area contributed by atoms with Crippen molar-refractivity contribution < 1.29 is 29.1 Å². The number of thiazole rings is 1. The van der Waals surface area contributed by atoms with E-state index in [4.69, 9.17) is 4.74 Å². The lowest BCUT2D eigenvalue weighted by molar-refractivity contribution is -0.166. The van der Waals surface area contributed by atoms with Crippen LogP contribution in [0.5, 0.6) is 0 Å². The summed E-state index contributed by atoms with van der Waals surface area (Å²) in [6.07, 6.45) is 3.09. The monoisotopic (exact) mass is 547 g/mol. The van der Waals surface area contributed by atoms with Gasteiger partial charge in [-0.2, -0.15) is 0 Å². The lowest BCUT2D eigenvalue weighted by Gasteiger charge is -2.29. The topological polar surface area (TPSA) is 150 Å². The van der Waals surface area contributed by atoms with Crippen LogP contribution in [0, 0.1) is 11.8 Å². The predicted octanol–water partition coefficient (Wildman–Crippen LogP) is 3.56. The van der Waals surface area contributed by atoms with Gasteiger partial charge in [-0.1, -0.05) is 44.2 Å². The first-order chi connectivity index (χ1) is 18.2. The van der Waals surface area contributed by atoms with Crippen LogP contribution in [0.25, 0.3) is 0 Å². The van der Waals surface area contributed by atoms with Gasteiger partial charge in [0, 0.05) is 18.1 Å². The molecule has 0 spiro atoms. The smallest absolute Gasteiger partial charge is 0.407 e. The average Bonchev–Trinajstić information content (AvgIpc) is 3.42. The number of nitrogens with zero attached hydrogens (tertiary/aromatic N) is 2. The lowest BCUT2D eigenvalue weighted by Crippen LogP contribution is -2.50. The summed E-state index contributed by atoms with van der Waals surface area (Å²) in [5.41, 5.74) is 0.884. The molecule has 0 saturated carbocycles. The highest BCUT2D eigenvalue weighted by atomic mass is 32.1. The van der Waals surface area contributed by atoms with Crippen molar-refractivity contribution in [2.24, 2.45) is 11.8 Å². The molecule has 0 aliphatic heterocycles. The molecule has 0 bridgehead atoms. The van der Waals surface area contributed by atoms with E-state index in [9.17, 15) is 24.4 Å². The summed E-state index contributed by atoms with van der Waals surface area (Å²) >= 11 is 1.26. The molecule has 4 N–H and O–H groups in total. The number of rotatable bonds is 16. The van der Waals surface area contributed by atoms with Crippen LogP contribution in [-0.2, 0) is 25.7 Å². The van der Waals surface area contributed by atoms with Crippen LogP contribution in [-0.4, -0.2) is 58.2 Å². The summed E-state index contributed by atoms with van der Waals surface area (Å²) < 4.78 is 5.19. The first kappa shape index (κ1) is 30.7. The van der Waals surface area contributed by atoms with E-state index in [1.165, 1.54) is 11.3 Å². The van der Waals surface area contributed by atoms with Crippen LogP contribution in [0.1, 0.15) is 52.0 Å². The van der Waals surface area contributed by atoms with Crippen molar-refractivity contribution in [3.8, 4) is 0 Å². The molecule has 0 saturated heterocycles. The van der Waals surface area contributed by atoms with E-state index < -0.39 is 35.9 Å². The van der Waals surface area contributed by atoms with Crippen molar-refractivity contribution in [3.05, 3.63) is 47.5 Å². The number of carbonyl (C=O) groups is 4. The number of alkyl carbamates (subject to hydrolysis) is 1. The number of anilines is 1. The summed E-state index contributed by atoms with van der Waals surface area (Å²) in [5, 5.41) is 20.7. The van der Waals surface area contributed by atoms with E-state index in [-0.39, 0.29) is 18.9 Å². The molecule has 2 aromatic rings. The molecule has 3 atom stereocenters. The summed E-state index contributed by atoms with van der Waals surface area (Å²) in [5.74, 6) is -1.46. The summed E-state index contributed by atoms with van der Waals surface area (Å²) in [7, 11) is 0. The van der Waals surface area contributed by atoms with E-state index in [2.05, 4.69) is 20.9 Å². The highest BCUT2D eigenvalue weighted by Crippen LogP contribution is 2.20. The van der Waals surface area contributed by atoms with Crippen molar-refractivity contribution in [3.63, 3.8) is 0 Å². The highest BCUT2D eigenvalue weighted by molar-refractivity contribution is 7.13. The van der Waals surface area contributed by atoms with Crippen LogP contribution in [0.2, 0.25) is 0 Å². The summed E-state index contributed by atoms with van der Waals surface area (Å²) in [4.78, 5) is 53.2. The zero-order chi connectivity index (χ0) is 27.9. The van der Waals surface area contributed by atoms with Gasteiger partial charge in [-0.15, -0.1) is 11.3 Å². The minimum absolute atomic E-state index is 0.114. The number of aromatic nitrogens is 1. The van der Waals surface area contributed by atoms with E-state index >= 15 is 0 Å². The van der Waals surface area contributed by atoms with Gasteiger partial charge in [0.15, 0.2) is 5.13 Å². The SMILES string of the molecule is CC(C)C[C@@H](C(=O)N[C@@H](CCCCNC(=O)OCc1ccccc1)C(=O)Nc1nccs1)[C@H](C)N(O)C=O. The van der Waals surface area contributed by atoms with Crippen LogP contribution < -0.4 is 16.0 Å². The molecule has 0 aliphatic rings. The molecule has 1 heterocycles. The minimum atomic E-state index is -0.873. The van der Waals surface area contributed by atoms with E-state index in [1.807, 2.05) is 44.2 Å². The second-order valence-electron chi connectivity index (χ2n) is 9.33. The fraction of sp³-hybridized carbons (Fsp3) is 0.500. The third-order valence-electron chi connectivity index (χ3n) is 5.87. The van der Waals surface area contributed by atoms with Crippen molar-refractivity contribution >= 4 is 40.8 Å². The van der Waals surface area contributed by atoms with Gasteiger partial charge >= 0.3 is 6.09 Å². The Morgan fingerprint density at radius 3 is 2.50 bits per heavy atom. The normalized spacial score (nSPS) is 13.2. The van der Waals surface area contributed by atoms with Crippen LogP contribution in [0.15, 0.2) is 41.9 Å². The molecule has 0 unspecified atom stereocenters. The highest BCUT2D eigenvalue weighted by Gasteiger charge is 2.32. The Bertz CT molecular complexity index is 1000. The maximum atomic E-state index is 13.2. The number of ether oxygens (including phenoxy) is 1. The van der Waals surface area contributed by atoms with Gasteiger partial charge in [0.2, 0.25) is 18.2 Å². The molecule has 1 aromatic heterocycles. The number of nitrogens with one attached hydrogen (secondary N) is 3. The largest absolute Gasteiger partial charge is 0.445 e. The summed E-state index contributed by atoms with van der Waals surface area (Å²) in [6, 6.07) is 7.69. The molecular weight excluding hydrogens is 510 g/mol. The number of carbonyl (C=O) groups excluding carboxylic acids is 4. The first-order valence-electron chi connectivity index (χ1n) is 12.6. The molecule has 2 rings (SSSR count). The number of hydrogen-bond donors (Lipinski definition) is 4. The molecule has 208 valence electrons. The molecular formula is C26H37N5O6S. The van der Waals surface area contributed by atoms with Crippen LogP contribution >= 0.6 is 11.3 Å². The quantitative estimate of drug-likeness (QED) is 0.109. The maximum absolute atomic E-state index is 13.2. The van der Waals surface area contributed by atoms with Crippen LogP contribution in [0.3, 0.4) is 0 Å². The van der Waals surface area contributed by atoms with Crippen molar-refractivity contribution in [2.75, 3.05) is 11.9 Å². The number of amides is 4. The third kappa shape index (κ3) is 10.9. The maximum Gasteiger partial charge on any atom is 0.407 e. The van der Waals surface area contributed by atoms with Gasteiger partial charge in [0.25, 0.3) is 0 Å². The Balaban J connectivity index is 1.92. The molecule has 12 heteroatoms. The van der Waals surface area contributed by atoms with Gasteiger partial charge in [-0.05, 0) is 44.1 Å². The molecule has 1 aromatic carbocycles. The second kappa shape index (κ2) is 16.4. The van der Waals surface area contributed by atoms with Gasteiger partial charge in [0.1, 0.15) is 12.6 Å². The van der Waals surface area contributed by atoms with Crippen molar-refractivity contribution in [1.82, 2.24) is 20.7 Å². The van der Waals surface area contributed by atoms with Crippen molar-refractivity contribution in [2.45, 2.75) is 65.1 Å². The number of hydroxylamine groups is 2.